The van der Waals surface area contributed by atoms with E-state index in [0.717, 1.165) is 16.7 Å². The van der Waals surface area contributed by atoms with Crippen molar-refractivity contribution in [3.8, 4) is 5.75 Å². The van der Waals surface area contributed by atoms with Gasteiger partial charge in [0, 0.05) is 16.3 Å². The molecule has 1 heterocycles. The monoisotopic (exact) mass is 269 g/mol. The lowest BCUT2D eigenvalue weighted by Crippen LogP contribution is -2.16. The highest BCUT2D eigenvalue weighted by molar-refractivity contribution is 7.10. The van der Waals surface area contributed by atoms with Gasteiger partial charge in [-0.1, -0.05) is 0 Å². The Kier molecular flexibility index (Phi) is 3.93. The fourth-order valence-corrected chi connectivity index (χ4v) is 2.80. The van der Waals surface area contributed by atoms with Crippen LogP contribution in [0.2, 0.25) is 0 Å². The zero-order valence-corrected chi connectivity index (χ0v) is 10.9. The SMILES string of the molecule is CNC(c1cc(F)cc(F)c1)c1cc(OC)cs1. The van der Waals surface area contributed by atoms with Gasteiger partial charge in [-0.2, -0.15) is 0 Å². The summed E-state index contributed by atoms with van der Waals surface area (Å²) in [5.41, 5.74) is 0.555. The summed E-state index contributed by atoms with van der Waals surface area (Å²) >= 11 is 1.48. The molecule has 0 saturated heterocycles. The largest absolute Gasteiger partial charge is 0.496 e. The highest BCUT2D eigenvalue weighted by Crippen LogP contribution is 2.31. The fraction of sp³-hybridized carbons (Fsp3) is 0.231. The van der Waals surface area contributed by atoms with Crippen LogP contribution >= 0.6 is 11.3 Å². The second-order valence-electron chi connectivity index (χ2n) is 3.81. The second kappa shape index (κ2) is 5.46. The van der Waals surface area contributed by atoms with E-state index in [1.54, 1.807) is 14.2 Å². The molecular weight excluding hydrogens is 256 g/mol. The van der Waals surface area contributed by atoms with Crippen molar-refractivity contribution >= 4 is 11.3 Å². The molecule has 2 nitrogen and oxygen atoms in total. The Balaban J connectivity index is 2.38. The van der Waals surface area contributed by atoms with E-state index in [4.69, 9.17) is 4.74 Å². The maximum atomic E-state index is 13.2. The molecule has 1 aromatic carbocycles. The summed E-state index contributed by atoms with van der Waals surface area (Å²) in [4.78, 5) is 0.944. The van der Waals surface area contributed by atoms with Crippen molar-refractivity contribution in [3.63, 3.8) is 0 Å². The van der Waals surface area contributed by atoms with Gasteiger partial charge in [-0.25, -0.2) is 8.78 Å². The van der Waals surface area contributed by atoms with Crippen LogP contribution in [0.5, 0.6) is 5.75 Å². The molecule has 18 heavy (non-hydrogen) atoms. The zero-order valence-electron chi connectivity index (χ0n) is 10.0. The number of halogens is 2. The van der Waals surface area contributed by atoms with Crippen LogP contribution in [0.3, 0.4) is 0 Å². The van der Waals surface area contributed by atoms with Crippen molar-refractivity contribution < 1.29 is 13.5 Å². The van der Waals surface area contributed by atoms with Crippen LogP contribution in [-0.2, 0) is 0 Å². The van der Waals surface area contributed by atoms with Gasteiger partial charge < -0.3 is 10.1 Å². The van der Waals surface area contributed by atoms with Crippen LogP contribution in [0.15, 0.2) is 29.6 Å². The molecule has 5 heteroatoms. The highest BCUT2D eigenvalue weighted by atomic mass is 32.1. The Hall–Kier alpha value is -1.46. The highest BCUT2D eigenvalue weighted by Gasteiger charge is 2.16. The average molecular weight is 269 g/mol. The van der Waals surface area contributed by atoms with Gasteiger partial charge in [0.1, 0.15) is 17.4 Å². The molecule has 1 unspecified atom stereocenters. The standard InChI is InChI=1S/C13H13F2NOS/c1-16-13(12-6-11(17-2)7-18-12)8-3-9(14)5-10(15)4-8/h3-7,13,16H,1-2H3. The first-order valence-electron chi connectivity index (χ1n) is 5.39. The van der Waals surface area contributed by atoms with Gasteiger partial charge in [-0.3, -0.25) is 0 Å². The van der Waals surface area contributed by atoms with Gasteiger partial charge in [0.05, 0.1) is 13.2 Å². The van der Waals surface area contributed by atoms with Crippen molar-refractivity contribution in [1.82, 2.24) is 5.32 Å². The lowest BCUT2D eigenvalue weighted by Gasteiger charge is -2.15. The molecule has 96 valence electrons. The molecule has 0 fully saturated rings. The molecule has 0 aliphatic rings. The van der Waals surface area contributed by atoms with Crippen LogP contribution in [0.25, 0.3) is 0 Å². The lowest BCUT2D eigenvalue weighted by atomic mass is 10.1. The van der Waals surface area contributed by atoms with E-state index in [1.807, 2.05) is 11.4 Å². The van der Waals surface area contributed by atoms with Gasteiger partial charge in [0.25, 0.3) is 0 Å². The van der Waals surface area contributed by atoms with Gasteiger partial charge in [0.2, 0.25) is 0 Å². The van der Waals surface area contributed by atoms with Crippen LogP contribution in [0, 0.1) is 11.6 Å². The Morgan fingerprint density at radius 3 is 2.33 bits per heavy atom. The first-order valence-corrected chi connectivity index (χ1v) is 6.27. The van der Waals surface area contributed by atoms with Crippen LogP contribution < -0.4 is 10.1 Å². The van der Waals surface area contributed by atoms with Gasteiger partial charge in [0.15, 0.2) is 0 Å². The zero-order chi connectivity index (χ0) is 13.1. The Morgan fingerprint density at radius 2 is 1.83 bits per heavy atom. The molecule has 0 aliphatic heterocycles. The summed E-state index contributed by atoms with van der Waals surface area (Å²) in [5.74, 6) is -0.408. The third-order valence-corrected chi connectivity index (χ3v) is 3.60. The summed E-state index contributed by atoms with van der Waals surface area (Å²) in [7, 11) is 3.34. The minimum atomic E-state index is -0.575. The summed E-state index contributed by atoms with van der Waals surface area (Å²) in [6, 6.07) is 5.14. The minimum absolute atomic E-state index is 0.246. The van der Waals surface area contributed by atoms with Crippen LogP contribution in [0.4, 0.5) is 8.78 Å². The number of hydrogen-bond donors (Lipinski definition) is 1. The molecule has 1 aromatic heterocycles. The topological polar surface area (TPSA) is 21.3 Å². The maximum absolute atomic E-state index is 13.2. The van der Waals surface area contributed by atoms with Crippen molar-refractivity contribution in [2.24, 2.45) is 0 Å². The molecule has 1 N–H and O–H groups in total. The van der Waals surface area contributed by atoms with Crippen LogP contribution in [0.1, 0.15) is 16.5 Å². The number of methoxy groups -OCH3 is 1. The Labute approximate surface area is 108 Å². The van der Waals surface area contributed by atoms with Gasteiger partial charge >= 0.3 is 0 Å². The van der Waals surface area contributed by atoms with E-state index in [1.165, 1.54) is 23.5 Å². The van der Waals surface area contributed by atoms with Gasteiger partial charge in [-0.05, 0) is 30.8 Å². The van der Waals surface area contributed by atoms with Crippen molar-refractivity contribution in [3.05, 3.63) is 51.7 Å². The first-order chi connectivity index (χ1) is 8.63. The Morgan fingerprint density at radius 1 is 1.17 bits per heavy atom. The molecule has 2 aromatic rings. The number of benzene rings is 1. The van der Waals surface area contributed by atoms with E-state index < -0.39 is 11.6 Å². The number of thiophene rings is 1. The molecule has 0 aliphatic carbocycles. The molecule has 0 bridgehead atoms. The summed E-state index contributed by atoms with van der Waals surface area (Å²) < 4.78 is 31.6. The smallest absolute Gasteiger partial charge is 0.129 e. The van der Waals surface area contributed by atoms with E-state index in [0.29, 0.717) is 5.56 Å². The molecule has 0 spiro atoms. The molecule has 0 saturated carbocycles. The number of nitrogens with one attached hydrogen (secondary N) is 1. The minimum Gasteiger partial charge on any atom is -0.496 e. The Bertz CT molecular complexity index is 521. The third kappa shape index (κ3) is 2.68. The molecule has 1 atom stereocenters. The number of hydrogen-bond acceptors (Lipinski definition) is 3. The first kappa shape index (κ1) is 13.0. The van der Waals surface area contributed by atoms with Crippen LogP contribution in [-0.4, -0.2) is 14.2 Å². The fourth-order valence-electron chi connectivity index (χ4n) is 1.81. The third-order valence-electron chi connectivity index (χ3n) is 2.62. The number of ether oxygens (including phenoxy) is 1. The maximum Gasteiger partial charge on any atom is 0.129 e. The molecule has 0 radical (unpaired) electrons. The predicted octanol–water partition coefficient (Wildman–Crippen LogP) is 3.34. The second-order valence-corrected chi connectivity index (χ2v) is 4.76. The summed E-state index contributed by atoms with van der Waals surface area (Å²) in [6.45, 7) is 0. The lowest BCUT2D eigenvalue weighted by molar-refractivity contribution is 0.416. The van der Waals surface area contributed by atoms with Crippen molar-refractivity contribution in [2.75, 3.05) is 14.2 Å². The van der Waals surface area contributed by atoms with Crippen molar-refractivity contribution in [2.45, 2.75) is 6.04 Å². The molecular formula is C13H13F2NOS. The van der Waals surface area contributed by atoms with Crippen molar-refractivity contribution in [1.29, 1.82) is 0 Å². The normalized spacial score (nSPS) is 12.4. The summed E-state index contributed by atoms with van der Waals surface area (Å²) in [6.07, 6.45) is 0. The number of rotatable bonds is 4. The molecule has 0 amide bonds. The van der Waals surface area contributed by atoms with E-state index in [-0.39, 0.29) is 6.04 Å². The van der Waals surface area contributed by atoms with Gasteiger partial charge in [-0.15, -0.1) is 11.3 Å². The average Bonchev–Trinajstić information content (AvgIpc) is 2.77. The summed E-state index contributed by atoms with van der Waals surface area (Å²) in [5, 5.41) is 4.90. The van der Waals surface area contributed by atoms with E-state index in [9.17, 15) is 8.78 Å². The predicted molar refractivity (Wildman–Crippen MR) is 68.1 cm³/mol. The van der Waals surface area contributed by atoms with E-state index in [2.05, 4.69) is 5.32 Å². The molecule has 2 rings (SSSR count). The van der Waals surface area contributed by atoms with E-state index >= 15 is 0 Å². The quantitative estimate of drug-likeness (QED) is 0.919.